The molecular formula is C14H14F3N3O4. The van der Waals surface area contributed by atoms with E-state index in [1.54, 1.807) is 6.07 Å². The van der Waals surface area contributed by atoms with Crippen LogP contribution in [0.5, 0.6) is 0 Å². The van der Waals surface area contributed by atoms with E-state index in [-0.39, 0.29) is 18.0 Å². The van der Waals surface area contributed by atoms with E-state index < -0.39 is 30.4 Å². The summed E-state index contributed by atoms with van der Waals surface area (Å²) >= 11 is 0. The molecule has 1 unspecified atom stereocenters. The van der Waals surface area contributed by atoms with Crippen LogP contribution in [0.3, 0.4) is 0 Å². The van der Waals surface area contributed by atoms with Gasteiger partial charge < -0.3 is 24.7 Å². The lowest BCUT2D eigenvalue weighted by molar-refractivity contribution is -0.141. The maximum atomic E-state index is 12.4. The summed E-state index contributed by atoms with van der Waals surface area (Å²) < 4.78 is 42.5. The highest BCUT2D eigenvalue weighted by Gasteiger charge is 2.28. The van der Waals surface area contributed by atoms with Crippen molar-refractivity contribution in [2.24, 2.45) is 0 Å². The van der Waals surface area contributed by atoms with E-state index in [0.717, 1.165) is 6.20 Å². The minimum atomic E-state index is -4.56. The fraction of sp³-hybridized carbons (Fsp3) is 0.286. The number of carbonyl (C=O) groups is 1. The molecule has 0 aliphatic carbocycles. The average Bonchev–Trinajstić information content (AvgIpc) is 3.02. The van der Waals surface area contributed by atoms with Gasteiger partial charge in [-0.25, -0.2) is 4.79 Å². The number of amides is 2. The van der Waals surface area contributed by atoms with Crippen molar-refractivity contribution in [3.05, 3.63) is 52.8 Å². The predicted molar refractivity (Wildman–Crippen MR) is 77.4 cm³/mol. The second-order valence-electron chi connectivity index (χ2n) is 4.84. The van der Waals surface area contributed by atoms with E-state index in [1.807, 2.05) is 0 Å². The van der Waals surface area contributed by atoms with Crippen LogP contribution >= 0.6 is 0 Å². The molecule has 0 aliphatic rings. The number of nitrogens with zero attached hydrogens (tertiary/aromatic N) is 1. The molecule has 0 saturated carbocycles. The molecule has 130 valence electrons. The number of aromatic nitrogens is 1. The largest absolute Gasteiger partial charge is 0.467 e. The van der Waals surface area contributed by atoms with Crippen molar-refractivity contribution >= 4 is 11.7 Å². The van der Waals surface area contributed by atoms with Crippen molar-refractivity contribution in [3.8, 4) is 0 Å². The number of hydrogen-bond donors (Lipinski definition) is 3. The molecule has 2 rings (SSSR count). The lowest BCUT2D eigenvalue weighted by Gasteiger charge is -2.12. The van der Waals surface area contributed by atoms with Gasteiger partial charge in [0, 0.05) is 6.20 Å². The number of aliphatic hydroxyl groups excluding tert-OH is 1. The van der Waals surface area contributed by atoms with Crippen LogP contribution in [0.25, 0.3) is 0 Å². The average molecular weight is 345 g/mol. The van der Waals surface area contributed by atoms with Crippen LogP contribution in [0.2, 0.25) is 0 Å². The fourth-order valence-corrected chi connectivity index (χ4v) is 1.89. The Morgan fingerprint density at radius 2 is 2.08 bits per heavy atom. The summed E-state index contributed by atoms with van der Waals surface area (Å²) in [5, 5.41) is 14.2. The third-order valence-corrected chi connectivity index (χ3v) is 2.95. The summed E-state index contributed by atoms with van der Waals surface area (Å²) in [5.41, 5.74) is -1.30. The molecule has 0 saturated heterocycles. The Bertz CT molecular complexity index is 740. The molecule has 2 aromatic heterocycles. The van der Waals surface area contributed by atoms with Gasteiger partial charge in [-0.2, -0.15) is 13.2 Å². The number of alkyl halides is 3. The zero-order valence-corrected chi connectivity index (χ0v) is 12.2. The lowest BCUT2D eigenvalue weighted by atomic mass is 10.3. The van der Waals surface area contributed by atoms with Crippen LogP contribution in [0.1, 0.15) is 11.9 Å². The van der Waals surface area contributed by atoms with Crippen LogP contribution in [0.4, 0.5) is 23.7 Å². The number of rotatable bonds is 5. The minimum Gasteiger partial charge on any atom is -0.467 e. The maximum absolute atomic E-state index is 12.4. The quantitative estimate of drug-likeness (QED) is 0.771. The van der Waals surface area contributed by atoms with Gasteiger partial charge in [0.15, 0.2) is 0 Å². The first-order valence-corrected chi connectivity index (χ1v) is 6.79. The molecule has 3 N–H and O–H groups in total. The number of aliphatic hydroxyl groups is 1. The summed E-state index contributed by atoms with van der Waals surface area (Å²) in [5.74, 6) is 0.238. The van der Waals surface area contributed by atoms with E-state index in [9.17, 15) is 27.9 Å². The highest BCUT2D eigenvalue weighted by Crippen LogP contribution is 2.16. The fourth-order valence-electron chi connectivity index (χ4n) is 1.89. The maximum Gasteiger partial charge on any atom is 0.406 e. The Labute approximate surface area is 133 Å². The molecule has 1 atom stereocenters. The van der Waals surface area contributed by atoms with Crippen LogP contribution in [-0.2, 0) is 6.54 Å². The van der Waals surface area contributed by atoms with Crippen LogP contribution in [0.15, 0.2) is 45.9 Å². The Morgan fingerprint density at radius 3 is 2.71 bits per heavy atom. The predicted octanol–water partition coefficient (Wildman–Crippen LogP) is 1.86. The topological polar surface area (TPSA) is 96.5 Å². The number of furan rings is 1. The van der Waals surface area contributed by atoms with E-state index in [1.165, 1.54) is 24.5 Å². The molecule has 10 heteroatoms. The Hall–Kier alpha value is -2.75. The number of carbonyl (C=O) groups excluding carboxylic acids is 1. The zero-order chi connectivity index (χ0) is 17.7. The Morgan fingerprint density at radius 1 is 1.33 bits per heavy atom. The molecule has 2 amide bonds. The molecule has 2 heterocycles. The number of hydrogen-bond acceptors (Lipinski definition) is 4. The number of nitrogens with one attached hydrogen (secondary N) is 2. The first-order chi connectivity index (χ1) is 11.3. The molecule has 0 radical (unpaired) electrons. The van der Waals surface area contributed by atoms with Gasteiger partial charge in [-0.3, -0.25) is 4.79 Å². The number of urea groups is 1. The summed E-state index contributed by atoms with van der Waals surface area (Å²) in [7, 11) is 0. The number of halogens is 3. The smallest absolute Gasteiger partial charge is 0.406 e. The molecule has 7 nitrogen and oxygen atoms in total. The van der Waals surface area contributed by atoms with E-state index in [4.69, 9.17) is 4.42 Å². The van der Waals surface area contributed by atoms with Crippen LogP contribution in [0, 0.1) is 0 Å². The number of anilines is 1. The highest BCUT2D eigenvalue weighted by atomic mass is 19.4. The van der Waals surface area contributed by atoms with Crippen molar-refractivity contribution in [3.63, 3.8) is 0 Å². The molecular weight excluding hydrogens is 331 g/mol. The monoisotopic (exact) mass is 345 g/mol. The minimum absolute atomic E-state index is 0.205. The molecule has 2 aromatic rings. The molecule has 0 aliphatic heterocycles. The summed E-state index contributed by atoms with van der Waals surface area (Å²) in [4.78, 5) is 23.6. The van der Waals surface area contributed by atoms with E-state index in [2.05, 4.69) is 10.6 Å². The molecule has 0 spiro atoms. The van der Waals surface area contributed by atoms with Crippen LogP contribution < -0.4 is 16.2 Å². The summed E-state index contributed by atoms with van der Waals surface area (Å²) in [6.45, 7) is -1.66. The van der Waals surface area contributed by atoms with Gasteiger partial charge in [-0.05, 0) is 24.3 Å². The molecule has 0 bridgehead atoms. The van der Waals surface area contributed by atoms with Gasteiger partial charge >= 0.3 is 12.2 Å². The SMILES string of the molecule is O=C(NCC(O)c1ccco1)Nc1cccn(CC(F)(F)F)c1=O. The number of pyridine rings is 1. The first-order valence-electron chi connectivity index (χ1n) is 6.79. The van der Waals surface area contributed by atoms with Crippen molar-refractivity contribution in [2.75, 3.05) is 11.9 Å². The van der Waals surface area contributed by atoms with Crippen molar-refractivity contribution < 1.29 is 27.5 Å². The molecule has 0 fully saturated rings. The normalized spacial score (nSPS) is 12.7. The van der Waals surface area contributed by atoms with E-state index >= 15 is 0 Å². The van der Waals surface area contributed by atoms with Gasteiger partial charge in [0.1, 0.15) is 24.1 Å². The standard InChI is InChI=1S/C14H14F3N3O4/c15-14(16,17)8-20-5-1-3-9(12(20)22)19-13(23)18-7-10(21)11-4-2-6-24-11/h1-6,10,21H,7-8H2,(H2,18,19,23). The Kier molecular flexibility index (Phi) is 5.29. The third-order valence-electron chi connectivity index (χ3n) is 2.95. The van der Waals surface area contributed by atoms with Gasteiger partial charge in [0.05, 0.1) is 12.8 Å². The van der Waals surface area contributed by atoms with Crippen LogP contribution in [-0.4, -0.2) is 28.4 Å². The second-order valence-corrected chi connectivity index (χ2v) is 4.84. The van der Waals surface area contributed by atoms with Gasteiger partial charge in [-0.1, -0.05) is 0 Å². The zero-order valence-electron chi connectivity index (χ0n) is 12.2. The second kappa shape index (κ2) is 7.21. The van der Waals surface area contributed by atoms with Gasteiger partial charge in [0.2, 0.25) is 0 Å². The van der Waals surface area contributed by atoms with Crippen molar-refractivity contribution in [1.29, 1.82) is 0 Å². The van der Waals surface area contributed by atoms with Crippen molar-refractivity contribution in [1.82, 2.24) is 9.88 Å². The summed E-state index contributed by atoms with van der Waals surface area (Å²) in [6.07, 6.45) is -3.33. The van der Waals surface area contributed by atoms with Gasteiger partial charge in [-0.15, -0.1) is 0 Å². The summed E-state index contributed by atoms with van der Waals surface area (Å²) in [6, 6.07) is 4.61. The van der Waals surface area contributed by atoms with E-state index in [0.29, 0.717) is 4.57 Å². The Balaban J connectivity index is 1.96. The molecule has 0 aromatic carbocycles. The highest BCUT2D eigenvalue weighted by molar-refractivity contribution is 5.88. The lowest BCUT2D eigenvalue weighted by Crippen LogP contribution is -2.36. The van der Waals surface area contributed by atoms with Gasteiger partial charge in [0.25, 0.3) is 5.56 Å². The first kappa shape index (κ1) is 17.6. The molecule has 24 heavy (non-hydrogen) atoms. The van der Waals surface area contributed by atoms with Crippen molar-refractivity contribution in [2.45, 2.75) is 18.8 Å². The third kappa shape index (κ3) is 4.88.